The number of nitro groups is 1. The van der Waals surface area contributed by atoms with Crippen LogP contribution in [0.15, 0.2) is 54.7 Å². The van der Waals surface area contributed by atoms with Gasteiger partial charge in [-0.25, -0.2) is 0 Å². The molecule has 122 valence electrons. The van der Waals surface area contributed by atoms with E-state index < -0.39 is 4.92 Å². The molecule has 0 amide bonds. The van der Waals surface area contributed by atoms with Gasteiger partial charge in [-0.3, -0.25) is 19.5 Å². The van der Waals surface area contributed by atoms with Crippen LogP contribution >= 0.6 is 0 Å². The number of tetrazole rings is 1. The van der Waals surface area contributed by atoms with E-state index in [0.29, 0.717) is 11.3 Å². The number of fused-ring (bicyclic) bond motifs is 1. The van der Waals surface area contributed by atoms with Gasteiger partial charge < -0.3 is 0 Å². The first kappa shape index (κ1) is 14.7. The molecule has 2 aromatic heterocycles. The Morgan fingerprint density at radius 2 is 2.04 bits per heavy atom. The number of non-ortho nitro benzene ring substituents is 1. The molecule has 0 spiro atoms. The van der Waals surface area contributed by atoms with Crippen molar-refractivity contribution >= 4 is 22.5 Å². The molecule has 25 heavy (non-hydrogen) atoms. The van der Waals surface area contributed by atoms with Crippen molar-refractivity contribution in [2.45, 2.75) is 0 Å². The summed E-state index contributed by atoms with van der Waals surface area (Å²) < 4.78 is 1.45. The fraction of sp³-hybridized carbons (Fsp3) is 0. The third-order valence-corrected chi connectivity index (χ3v) is 3.82. The normalized spacial score (nSPS) is 10.9. The van der Waals surface area contributed by atoms with Crippen molar-refractivity contribution < 1.29 is 9.72 Å². The highest BCUT2D eigenvalue weighted by molar-refractivity contribution is 6.02. The van der Waals surface area contributed by atoms with Crippen molar-refractivity contribution in [2.75, 3.05) is 0 Å². The standard InChI is InChI=1S/C16H10N6O3/c23-16(12-2-1-3-13(9-12)22(24)25)21-7-6-10-8-11(4-5-14(10)21)15-17-19-20-18-15/h1-9H,(H,17,18,19,20). The first-order valence-electron chi connectivity index (χ1n) is 7.27. The van der Waals surface area contributed by atoms with Crippen molar-refractivity contribution in [3.8, 4) is 11.4 Å². The highest BCUT2D eigenvalue weighted by Gasteiger charge is 2.15. The van der Waals surface area contributed by atoms with Gasteiger partial charge in [-0.2, -0.15) is 5.21 Å². The largest absolute Gasteiger partial charge is 0.283 e. The minimum Gasteiger partial charge on any atom is -0.283 e. The predicted octanol–water partition coefficient (Wildman–Crippen LogP) is 2.42. The van der Waals surface area contributed by atoms with E-state index in [1.165, 1.54) is 22.8 Å². The van der Waals surface area contributed by atoms with Gasteiger partial charge in [0, 0.05) is 34.8 Å². The van der Waals surface area contributed by atoms with Crippen molar-refractivity contribution in [2.24, 2.45) is 0 Å². The number of nitro benzene ring substituents is 1. The Bertz CT molecular complexity index is 1100. The fourth-order valence-electron chi connectivity index (χ4n) is 2.63. The minimum atomic E-state index is -0.526. The summed E-state index contributed by atoms with van der Waals surface area (Å²) in [4.78, 5) is 23.1. The smallest absolute Gasteiger partial charge is 0.270 e. The zero-order chi connectivity index (χ0) is 17.4. The minimum absolute atomic E-state index is 0.123. The molecule has 2 heterocycles. The molecule has 4 aromatic rings. The van der Waals surface area contributed by atoms with Crippen LogP contribution in [0, 0.1) is 10.1 Å². The van der Waals surface area contributed by atoms with Crippen LogP contribution in [0.5, 0.6) is 0 Å². The number of nitrogens with zero attached hydrogens (tertiary/aromatic N) is 5. The van der Waals surface area contributed by atoms with E-state index in [2.05, 4.69) is 20.6 Å². The molecule has 0 fully saturated rings. The second-order valence-corrected chi connectivity index (χ2v) is 5.31. The lowest BCUT2D eigenvalue weighted by atomic mass is 10.1. The van der Waals surface area contributed by atoms with E-state index in [1.54, 1.807) is 30.5 Å². The number of hydrogen-bond acceptors (Lipinski definition) is 6. The molecule has 9 nitrogen and oxygen atoms in total. The zero-order valence-electron chi connectivity index (χ0n) is 12.7. The number of carbonyl (C=O) groups excluding carboxylic acids is 1. The predicted molar refractivity (Wildman–Crippen MR) is 87.9 cm³/mol. The van der Waals surface area contributed by atoms with E-state index in [9.17, 15) is 14.9 Å². The van der Waals surface area contributed by atoms with Gasteiger partial charge >= 0.3 is 0 Å². The Kier molecular flexibility index (Phi) is 3.31. The molecule has 4 rings (SSSR count). The highest BCUT2D eigenvalue weighted by Crippen LogP contribution is 2.24. The molecule has 0 radical (unpaired) electrons. The first-order chi connectivity index (χ1) is 12.1. The van der Waals surface area contributed by atoms with Gasteiger partial charge in [0.25, 0.3) is 11.6 Å². The molecular weight excluding hydrogens is 324 g/mol. The van der Waals surface area contributed by atoms with Crippen LogP contribution in [0.25, 0.3) is 22.3 Å². The molecule has 9 heteroatoms. The van der Waals surface area contributed by atoms with Crippen LogP contribution < -0.4 is 0 Å². The number of carbonyl (C=O) groups is 1. The number of nitrogens with one attached hydrogen (secondary N) is 1. The molecule has 0 bridgehead atoms. The molecule has 0 aliphatic rings. The average Bonchev–Trinajstić information content (AvgIpc) is 3.30. The summed E-state index contributed by atoms with van der Waals surface area (Å²) in [6.07, 6.45) is 1.63. The second kappa shape index (κ2) is 5.64. The number of aromatic nitrogens is 5. The summed E-state index contributed by atoms with van der Waals surface area (Å²) in [6.45, 7) is 0. The van der Waals surface area contributed by atoms with Crippen molar-refractivity contribution in [3.63, 3.8) is 0 Å². The Hall–Kier alpha value is -3.88. The average molecular weight is 334 g/mol. The van der Waals surface area contributed by atoms with Crippen molar-refractivity contribution in [1.82, 2.24) is 25.2 Å². The Labute approximate surface area is 140 Å². The summed E-state index contributed by atoms with van der Waals surface area (Å²) in [5, 5.41) is 25.5. The molecule has 0 atom stereocenters. The molecule has 2 aromatic carbocycles. The van der Waals surface area contributed by atoms with E-state index in [1.807, 2.05) is 6.07 Å². The molecule has 0 aliphatic heterocycles. The zero-order valence-corrected chi connectivity index (χ0v) is 12.7. The van der Waals surface area contributed by atoms with Crippen LogP contribution in [-0.2, 0) is 0 Å². The number of rotatable bonds is 3. The van der Waals surface area contributed by atoms with Crippen molar-refractivity contribution in [1.29, 1.82) is 0 Å². The molecule has 1 N–H and O–H groups in total. The third kappa shape index (κ3) is 2.53. The third-order valence-electron chi connectivity index (χ3n) is 3.82. The lowest BCUT2D eigenvalue weighted by Gasteiger charge is -2.05. The Balaban J connectivity index is 1.75. The van der Waals surface area contributed by atoms with Gasteiger partial charge in [0.2, 0.25) is 5.82 Å². The monoisotopic (exact) mass is 334 g/mol. The maximum atomic E-state index is 12.7. The van der Waals surface area contributed by atoms with Gasteiger partial charge in [0.05, 0.1) is 10.4 Å². The molecule has 0 aliphatic carbocycles. The van der Waals surface area contributed by atoms with Crippen LogP contribution in [0.2, 0.25) is 0 Å². The van der Waals surface area contributed by atoms with E-state index in [0.717, 1.165) is 10.9 Å². The maximum absolute atomic E-state index is 12.7. The maximum Gasteiger partial charge on any atom is 0.270 e. The van der Waals surface area contributed by atoms with Gasteiger partial charge in [-0.1, -0.05) is 6.07 Å². The first-order valence-corrected chi connectivity index (χ1v) is 7.27. The number of H-pyrrole nitrogens is 1. The summed E-state index contributed by atoms with van der Waals surface area (Å²) >= 11 is 0. The highest BCUT2D eigenvalue weighted by atomic mass is 16.6. The van der Waals surface area contributed by atoms with Gasteiger partial charge in [0.15, 0.2) is 0 Å². The summed E-state index contributed by atoms with van der Waals surface area (Å²) in [5.41, 5.74) is 1.57. The van der Waals surface area contributed by atoms with E-state index in [4.69, 9.17) is 0 Å². The number of aromatic amines is 1. The fourth-order valence-corrected chi connectivity index (χ4v) is 2.63. The molecule has 0 unspecified atom stereocenters. The van der Waals surface area contributed by atoms with Gasteiger partial charge in [0.1, 0.15) is 0 Å². The SMILES string of the molecule is O=C(c1cccc([N+](=O)[O-])c1)n1ccc2cc(-c3nn[nH]n3)ccc21. The van der Waals surface area contributed by atoms with Crippen molar-refractivity contribution in [3.05, 3.63) is 70.4 Å². The lowest BCUT2D eigenvalue weighted by Crippen LogP contribution is -2.10. The molecule has 0 saturated heterocycles. The van der Waals surface area contributed by atoms with Gasteiger partial charge in [-0.15, -0.1) is 10.2 Å². The Morgan fingerprint density at radius 3 is 2.80 bits per heavy atom. The quantitative estimate of drug-likeness (QED) is 0.454. The number of benzene rings is 2. The van der Waals surface area contributed by atoms with Crippen LogP contribution in [0.4, 0.5) is 5.69 Å². The van der Waals surface area contributed by atoms with Gasteiger partial charge in [-0.05, 0) is 35.5 Å². The topological polar surface area (TPSA) is 120 Å². The van der Waals surface area contributed by atoms with Crippen LogP contribution in [0.3, 0.4) is 0 Å². The second-order valence-electron chi connectivity index (χ2n) is 5.31. The summed E-state index contributed by atoms with van der Waals surface area (Å²) in [7, 11) is 0. The summed E-state index contributed by atoms with van der Waals surface area (Å²) in [5.74, 6) is 0.116. The molecule has 0 saturated carbocycles. The number of hydrogen-bond donors (Lipinski definition) is 1. The van der Waals surface area contributed by atoms with E-state index in [-0.39, 0.29) is 17.2 Å². The lowest BCUT2D eigenvalue weighted by molar-refractivity contribution is -0.384. The molecular formula is C16H10N6O3. The van der Waals surface area contributed by atoms with Crippen LogP contribution in [-0.4, -0.2) is 36.0 Å². The van der Waals surface area contributed by atoms with E-state index >= 15 is 0 Å². The van der Waals surface area contributed by atoms with Crippen LogP contribution in [0.1, 0.15) is 10.4 Å². The Morgan fingerprint density at radius 1 is 1.16 bits per heavy atom. The summed E-state index contributed by atoms with van der Waals surface area (Å²) in [6, 6.07) is 12.8.